The highest BCUT2D eigenvalue weighted by atomic mass is 32.2. The van der Waals surface area contributed by atoms with Gasteiger partial charge in [-0.3, -0.25) is 0 Å². The van der Waals surface area contributed by atoms with Gasteiger partial charge in [-0.2, -0.15) is 0 Å². The van der Waals surface area contributed by atoms with Crippen LogP contribution < -0.4 is 14.8 Å². The van der Waals surface area contributed by atoms with Crippen molar-refractivity contribution in [3.8, 4) is 5.75 Å². The smallest absolute Gasteiger partial charge is 0.244 e. The molecule has 1 saturated heterocycles. The first-order valence-electron chi connectivity index (χ1n) is 8.53. The second kappa shape index (κ2) is 9.61. The first kappa shape index (κ1) is 21.0. The fourth-order valence-corrected chi connectivity index (χ4v) is 4.32. The standard InChI is InChI=1S/C17H27FN2O5S/c1-23-9-10-25-15-4-3-14(18)11-16(15)26(21,22)20-12-17(13-24-2)5-7-19-8-6-17/h3-4,11,19-20H,5-10,12-13H2,1-2H3. The SMILES string of the molecule is COCCOc1ccc(F)cc1S(=O)(=O)NCC1(COC)CCNCC1. The molecule has 7 nitrogen and oxygen atoms in total. The molecule has 1 fully saturated rings. The number of rotatable bonds is 10. The molecule has 148 valence electrons. The highest BCUT2D eigenvalue weighted by Gasteiger charge is 2.34. The predicted octanol–water partition coefficient (Wildman–Crippen LogP) is 1.15. The lowest BCUT2D eigenvalue weighted by Gasteiger charge is -2.37. The molecule has 0 amide bonds. The van der Waals surface area contributed by atoms with Crippen molar-refractivity contribution in [1.29, 1.82) is 0 Å². The summed E-state index contributed by atoms with van der Waals surface area (Å²) in [5.41, 5.74) is -0.280. The van der Waals surface area contributed by atoms with Gasteiger partial charge in [-0.1, -0.05) is 0 Å². The average molecular weight is 390 g/mol. The summed E-state index contributed by atoms with van der Waals surface area (Å²) in [5, 5.41) is 3.26. The lowest BCUT2D eigenvalue weighted by Crippen LogP contribution is -2.47. The average Bonchev–Trinajstić information content (AvgIpc) is 2.63. The van der Waals surface area contributed by atoms with Gasteiger partial charge in [0, 0.05) is 26.2 Å². The minimum Gasteiger partial charge on any atom is -0.490 e. The third kappa shape index (κ3) is 5.62. The Morgan fingerprint density at radius 1 is 1.19 bits per heavy atom. The van der Waals surface area contributed by atoms with Crippen molar-refractivity contribution in [2.45, 2.75) is 17.7 Å². The number of methoxy groups -OCH3 is 2. The zero-order valence-electron chi connectivity index (χ0n) is 15.2. The van der Waals surface area contributed by atoms with E-state index in [4.69, 9.17) is 14.2 Å². The number of hydrogen-bond acceptors (Lipinski definition) is 6. The van der Waals surface area contributed by atoms with Crippen LogP contribution in [0.3, 0.4) is 0 Å². The van der Waals surface area contributed by atoms with Gasteiger partial charge in [-0.05, 0) is 44.1 Å². The lowest BCUT2D eigenvalue weighted by molar-refractivity contribution is 0.0577. The largest absolute Gasteiger partial charge is 0.490 e. The van der Waals surface area contributed by atoms with Crippen LogP contribution in [0.5, 0.6) is 5.75 Å². The second-order valence-corrected chi connectivity index (χ2v) is 8.18. The highest BCUT2D eigenvalue weighted by Crippen LogP contribution is 2.30. The van der Waals surface area contributed by atoms with Crippen molar-refractivity contribution in [3.05, 3.63) is 24.0 Å². The van der Waals surface area contributed by atoms with E-state index in [1.54, 1.807) is 7.11 Å². The number of ether oxygens (including phenoxy) is 3. The quantitative estimate of drug-likeness (QED) is 0.583. The topological polar surface area (TPSA) is 85.9 Å². The van der Waals surface area contributed by atoms with Crippen molar-refractivity contribution in [2.75, 3.05) is 53.7 Å². The summed E-state index contributed by atoms with van der Waals surface area (Å²) in [6, 6.07) is 3.45. The Labute approximate surface area is 154 Å². The van der Waals surface area contributed by atoms with Gasteiger partial charge in [-0.25, -0.2) is 17.5 Å². The third-order valence-electron chi connectivity index (χ3n) is 4.49. The Morgan fingerprint density at radius 3 is 2.58 bits per heavy atom. The van der Waals surface area contributed by atoms with Gasteiger partial charge < -0.3 is 19.5 Å². The molecule has 2 rings (SSSR count). The van der Waals surface area contributed by atoms with Crippen LogP contribution in [0, 0.1) is 11.2 Å². The molecule has 0 saturated carbocycles. The summed E-state index contributed by atoms with van der Waals surface area (Å²) >= 11 is 0. The molecule has 0 spiro atoms. The van der Waals surface area contributed by atoms with E-state index >= 15 is 0 Å². The molecule has 1 heterocycles. The van der Waals surface area contributed by atoms with E-state index in [9.17, 15) is 12.8 Å². The number of sulfonamides is 1. The fourth-order valence-electron chi connectivity index (χ4n) is 3.01. The van der Waals surface area contributed by atoms with Crippen molar-refractivity contribution in [2.24, 2.45) is 5.41 Å². The van der Waals surface area contributed by atoms with Crippen LogP contribution in [0.4, 0.5) is 4.39 Å². The van der Waals surface area contributed by atoms with Crippen LogP contribution in [-0.4, -0.2) is 62.1 Å². The van der Waals surface area contributed by atoms with E-state index in [1.165, 1.54) is 19.2 Å². The minimum atomic E-state index is -3.94. The molecule has 0 aliphatic carbocycles. The van der Waals surface area contributed by atoms with Gasteiger partial charge in [0.1, 0.15) is 23.1 Å². The number of halogens is 1. The van der Waals surface area contributed by atoms with Crippen LogP contribution in [-0.2, 0) is 19.5 Å². The molecule has 0 unspecified atom stereocenters. The second-order valence-electron chi connectivity index (χ2n) is 6.44. The molecule has 1 aromatic carbocycles. The van der Waals surface area contributed by atoms with Gasteiger partial charge in [0.25, 0.3) is 0 Å². The van der Waals surface area contributed by atoms with Gasteiger partial charge in [0.2, 0.25) is 10.0 Å². The zero-order chi connectivity index (χ0) is 19.0. The number of benzene rings is 1. The minimum absolute atomic E-state index is 0.0991. The molecule has 1 aliphatic rings. The van der Waals surface area contributed by atoms with E-state index in [2.05, 4.69) is 10.0 Å². The van der Waals surface area contributed by atoms with Crippen LogP contribution in [0.15, 0.2) is 23.1 Å². The van der Waals surface area contributed by atoms with Gasteiger partial charge in [0.05, 0.1) is 13.2 Å². The molecule has 26 heavy (non-hydrogen) atoms. The van der Waals surface area contributed by atoms with E-state index in [-0.39, 0.29) is 29.2 Å². The van der Waals surface area contributed by atoms with Crippen molar-refractivity contribution in [3.63, 3.8) is 0 Å². The Kier molecular flexibility index (Phi) is 7.78. The fraction of sp³-hybridized carbons (Fsp3) is 0.647. The number of nitrogens with one attached hydrogen (secondary N) is 2. The molecule has 9 heteroatoms. The van der Waals surface area contributed by atoms with Gasteiger partial charge in [-0.15, -0.1) is 0 Å². The maximum Gasteiger partial charge on any atom is 0.244 e. The molecule has 0 bridgehead atoms. The highest BCUT2D eigenvalue weighted by molar-refractivity contribution is 7.89. The lowest BCUT2D eigenvalue weighted by atomic mass is 9.80. The molecule has 2 N–H and O–H groups in total. The van der Waals surface area contributed by atoms with Gasteiger partial charge in [0.15, 0.2) is 0 Å². The van der Waals surface area contributed by atoms with Gasteiger partial charge >= 0.3 is 0 Å². The van der Waals surface area contributed by atoms with Crippen molar-refractivity contribution >= 4 is 10.0 Å². The molecule has 1 aliphatic heterocycles. The Morgan fingerprint density at radius 2 is 1.92 bits per heavy atom. The molecule has 1 aromatic rings. The maximum absolute atomic E-state index is 13.7. The summed E-state index contributed by atoms with van der Waals surface area (Å²) in [4.78, 5) is -0.213. The van der Waals surface area contributed by atoms with Crippen LogP contribution >= 0.6 is 0 Å². The predicted molar refractivity (Wildman–Crippen MR) is 95.4 cm³/mol. The summed E-state index contributed by atoms with van der Waals surface area (Å²) in [7, 11) is -0.819. The van der Waals surface area contributed by atoms with E-state index in [0.717, 1.165) is 32.0 Å². The molecular formula is C17H27FN2O5S. The van der Waals surface area contributed by atoms with E-state index < -0.39 is 15.8 Å². The Balaban J connectivity index is 2.16. The molecule has 0 atom stereocenters. The first-order valence-corrected chi connectivity index (χ1v) is 10.0. The monoisotopic (exact) mass is 390 g/mol. The normalized spacial score (nSPS) is 17.2. The molecular weight excluding hydrogens is 363 g/mol. The summed E-state index contributed by atoms with van der Waals surface area (Å²) in [6.45, 7) is 2.75. The van der Waals surface area contributed by atoms with E-state index in [1.807, 2.05) is 0 Å². The number of piperidine rings is 1. The Bertz CT molecular complexity index is 672. The van der Waals surface area contributed by atoms with Crippen LogP contribution in [0.1, 0.15) is 12.8 Å². The third-order valence-corrected chi connectivity index (χ3v) is 5.91. The summed E-state index contributed by atoms with van der Waals surface area (Å²) < 4.78 is 57.5. The Hall–Kier alpha value is -1.26. The van der Waals surface area contributed by atoms with Crippen LogP contribution in [0.2, 0.25) is 0 Å². The summed E-state index contributed by atoms with van der Waals surface area (Å²) in [6.07, 6.45) is 1.59. The zero-order valence-corrected chi connectivity index (χ0v) is 16.0. The van der Waals surface area contributed by atoms with Crippen molar-refractivity contribution < 1.29 is 27.0 Å². The molecule has 0 aromatic heterocycles. The van der Waals surface area contributed by atoms with Crippen LogP contribution in [0.25, 0.3) is 0 Å². The number of hydrogen-bond donors (Lipinski definition) is 2. The molecule has 0 radical (unpaired) electrons. The van der Waals surface area contributed by atoms with E-state index in [0.29, 0.717) is 13.2 Å². The van der Waals surface area contributed by atoms with Crippen molar-refractivity contribution in [1.82, 2.24) is 10.0 Å². The summed E-state index contributed by atoms with van der Waals surface area (Å²) in [5.74, 6) is -0.542. The first-order chi connectivity index (χ1) is 12.4. The maximum atomic E-state index is 13.7.